The van der Waals surface area contributed by atoms with Crippen LogP contribution in [0.5, 0.6) is 0 Å². The fourth-order valence-electron chi connectivity index (χ4n) is 1.20. The Labute approximate surface area is 118 Å². The molecule has 1 atom stereocenters. The van der Waals surface area contributed by atoms with Crippen molar-refractivity contribution >= 4 is 11.9 Å². The number of esters is 1. The number of carboxylic acid groups (broad SMARTS) is 1. The Morgan fingerprint density at radius 1 is 1.29 bits per heavy atom. The fourth-order valence-corrected chi connectivity index (χ4v) is 1.20. The minimum Gasteiger partial charge on any atom is -0.549 e. The van der Waals surface area contributed by atoms with Gasteiger partial charge < -0.3 is 20.4 Å². The van der Waals surface area contributed by atoms with Crippen molar-refractivity contribution < 1.29 is 41.8 Å². The van der Waals surface area contributed by atoms with Gasteiger partial charge in [0, 0.05) is 0 Å². The zero-order valence-corrected chi connectivity index (χ0v) is 11.9. The Kier molecular flexibility index (Phi) is 9.71. The van der Waals surface area contributed by atoms with Gasteiger partial charge in [0.15, 0.2) is 0 Å². The van der Waals surface area contributed by atoms with Crippen molar-refractivity contribution in [2.75, 3.05) is 6.54 Å². The van der Waals surface area contributed by atoms with Gasteiger partial charge in [-0.3, -0.25) is 4.79 Å². The van der Waals surface area contributed by atoms with Gasteiger partial charge in [-0.2, -0.15) is 0 Å². The van der Waals surface area contributed by atoms with E-state index in [0.717, 1.165) is 0 Å². The third-order valence-corrected chi connectivity index (χ3v) is 1.92. The predicted molar refractivity (Wildman–Crippen MR) is 57.2 cm³/mol. The van der Waals surface area contributed by atoms with Gasteiger partial charge in [-0.15, -0.1) is 0 Å². The third-order valence-electron chi connectivity index (χ3n) is 1.92. The molecule has 0 amide bonds. The maximum absolute atomic E-state index is 11.5. The van der Waals surface area contributed by atoms with E-state index in [0.29, 0.717) is 19.4 Å². The van der Waals surface area contributed by atoms with Crippen molar-refractivity contribution in [2.24, 2.45) is 11.7 Å². The predicted octanol–water partition coefficient (Wildman–Crippen LogP) is -0.179. The summed E-state index contributed by atoms with van der Waals surface area (Å²) in [5, 5.41) is 10.8. The number of ether oxygens (including phenoxy) is 1. The molecule has 0 spiro atoms. The van der Waals surface area contributed by atoms with Gasteiger partial charge in [0.1, 0.15) is 5.60 Å². The molecule has 0 saturated carbocycles. The maximum atomic E-state index is 11.5. The Morgan fingerprint density at radius 3 is 2.18 bits per heavy atom. The molecule has 0 aliphatic rings. The molecular formula is C11H20AgNO4. The number of carbonyl (C=O) groups is 2. The summed E-state index contributed by atoms with van der Waals surface area (Å²) >= 11 is 0. The molecule has 2 N–H and O–H groups in total. The SMILES string of the molecule is CC(C)(C)OC(=O)C(CCCCN)C(=O)[O-].[Ag+]. The topological polar surface area (TPSA) is 92.5 Å². The minimum atomic E-state index is -1.38. The number of carbonyl (C=O) groups excluding carboxylic acids is 2. The van der Waals surface area contributed by atoms with Gasteiger partial charge in [-0.05, 0) is 40.2 Å². The number of aliphatic carboxylic acids is 1. The number of rotatable bonds is 6. The van der Waals surface area contributed by atoms with Crippen LogP contribution in [0.2, 0.25) is 0 Å². The molecule has 0 aliphatic carbocycles. The first kappa shape index (κ1) is 19.0. The quantitative estimate of drug-likeness (QED) is 0.314. The van der Waals surface area contributed by atoms with Crippen LogP contribution in [0, 0.1) is 5.92 Å². The first-order chi connectivity index (χ1) is 7.28. The summed E-state index contributed by atoms with van der Waals surface area (Å²) in [5.74, 6) is -3.30. The second-order valence-electron chi connectivity index (χ2n) is 4.69. The van der Waals surface area contributed by atoms with Crippen LogP contribution in [0.4, 0.5) is 0 Å². The Balaban J connectivity index is 0. The van der Waals surface area contributed by atoms with Crippen molar-refractivity contribution in [3.8, 4) is 0 Å². The molecule has 0 aromatic rings. The van der Waals surface area contributed by atoms with Crippen LogP contribution < -0.4 is 10.8 Å². The van der Waals surface area contributed by atoms with Crippen LogP contribution in [-0.4, -0.2) is 24.1 Å². The van der Waals surface area contributed by atoms with Crippen LogP contribution >= 0.6 is 0 Å². The van der Waals surface area contributed by atoms with E-state index in [1.165, 1.54) is 0 Å². The van der Waals surface area contributed by atoms with E-state index in [2.05, 4.69) is 0 Å². The average Bonchev–Trinajstić information content (AvgIpc) is 2.08. The molecule has 104 valence electrons. The summed E-state index contributed by atoms with van der Waals surface area (Å²) in [7, 11) is 0. The molecular weight excluding hydrogens is 318 g/mol. The summed E-state index contributed by atoms with van der Waals surface area (Å²) in [6.07, 6.45) is 1.48. The molecule has 0 fully saturated rings. The van der Waals surface area contributed by atoms with Crippen molar-refractivity contribution in [1.82, 2.24) is 0 Å². The van der Waals surface area contributed by atoms with Gasteiger partial charge in [-0.25, -0.2) is 0 Å². The fraction of sp³-hybridized carbons (Fsp3) is 0.818. The summed E-state index contributed by atoms with van der Waals surface area (Å²) < 4.78 is 5.00. The van der Waals surface area contributed by atoms with Crippen LogP contribution in [-0.2, 0) is 36.7 Å². The van der Waals surface area contributed by atoms with E-state index in [-0.39, 0.29) is 28.8 Å². The Hall–Kier alpha value is -0.360. The summed E-state index contributed by atoms with van der Waals surface area (Å²) in [5.41, 5.74) is 4.61. The molecule has 0 aromatic carbocycles. The van der Waals surface area contributed by atoms with E-state index in [4.69, 9.17) is 10.5 Å². The summed E-state index contributed by atoms with van der Waals surface area (Å²) in [6, 6.07) is 0. The normalized spacial score (nSPS) is 12.5. The smallest absolute Gasteiger partial charge is 0.549 e. The minimum absolute atomic E-state index is 0. The van der Waals surface area contributed by atoms with E-state index in [1.54, 1.807) is 20.8 Å². The zero-order valence-electron chi connectivity index (χ0n) is 10.4. The van der Waals surface area contributed by atoms with Gasteiger partial charge in [0.05, 0.1) is 11.9 Å². The molecule has 0 radical (unpaired) electrons. The van der Waals surface area contributed by atoms with Gasteiger partial charge >= 0.3 is 28.3 Å². The molecule has 0 heterocycles. The molecule has 5 nitrogen and oxygen atoms in total. The maximum Gasteiger partial charge on any atom is 1.00 e. The largest absolute Gasteiger partial charge is 1.00 e. The number of unbranched alkanes of at least 4 members (excludes halogenated alkanes) is 1. The number of hydrogen-bond donors (Lipinski definition) is 1. The van der Waals surface area contributed by atoms with Crippen molar-refractivity contribution in [1.29, 1.82) is 0 Å². The first-order valence-electron chi connectivity index (χ1n) is 5.41. The zero-order chi connectivity index (χ0) is 12.8. The first-order valence-corrected chi connectivity index (χ1v) is 5.41. The molecule has 0 aliphatic heterocycles. The third kappa shape index (κ3) is 9.35. The summed E-state index contributed by atoms with van der Waals surface area (Å²) in [6.45, 7) is 5.56. The number of nitrogens with two attached hydrogens (primary N) is 1. The van der Waals surface area contributed by atoms with Gasteiger partial charge in [-0.1, -0.05) is 6.42 Å². The summed E-state index contributed by atoms with van der Waals surface area (Å²) in [4.78, 5) is 22.3. The molecule has 0 bridgehead atoms. The van der Waals surface area contributed by atoms with Gasteiger partial charge in [0.2, 0.25) is 0 Å². The van der Waals surface area contributed by atoms with Crippen molar-refractivity contribution in [2.45, 2.75) is 45.6 Å². The average molecular weight is 338 g/mol. The second kappa shape index (κ2) is 8.69. The Morgan fingerprint density at radius 2 is 1.82 bits per heavy atom. The molecule has 6 heteroatoms. The standard InChI is InChI=1S/C11H21NO4.Ag/c1-11(2,3)16-10(15)8(9(13)14)6-4-5-7-12;/h8H,4-7,12H2,1-3H3,(H,13,14);/q;+1/p-1. The molecule has 0 saturated heterocycles. The van der Waals surface area contributed by atoms with Crippen LogP contribution in [0.25, 0.3) is 0 Å². The number of hydrogen-bond acceptors (Lipinski definition) is 5. The second-order valence-corrected chi connectivity index (χ2v) is 4.69. The van der Waals surface area contributed by atoms with E-state index < -0.39 is 23.5 Å². The van der Waals surface area contributed by atoms with Crippen LogP contribution in [0.1, 0.15) is 40.0 Å². The monoisotopic (exact) mass is 337 g/mol. The molecule has 0 rings (SSSR count). The van der Waals surface area contributed by atoms with E-state index >= 15 is 0 Å². The Bertz CT molecular complexity index is 250. The van der Waals surface area contributed by atoms with E-state index in [9.17, 15) is 14.7 Å². The van der Waals surface area contributed by atoms with Crippen LogP contribution in [0.3, 0.4) is 0 Å². The van der Waals surface area contributed by atoms with E-state index in [1.807, 2.05) is 0 Å². The van der Waals surface area contributed by atoms with Crippen molar-refractivity contribution in [3.05, 3.63) is 0 Å². The van der Waals surface area contributed by atoms with Gasteiger partial charge in [0.25, 0.3) is 0 Å². The van der Waals surface area contributed by atoms with Crippen LogP contribution in [0.15, 0.2) is 0 Å². The van der Waals surface area contributed by atoms with Crippen molar-refractivity contribution in [3.63, 3.8) is 0 Å². The molecule has 0 aromatic heterocycles. The molecule has 1 unspecified atom stereocenters. The molecule has 17 heavy (non-hydrogen) atoms. The number of carboxylic acids is 1.